The number of nitrogens with two attached hydrogens (primary N) is 1. The summed E-state index contributed by atoms with van der Waals surface area (Å²) in [4.78, 5) is 4.23. The lowest BCUT2D eigenvalue weighted by Gasteiger charge is -2.13. The predicted octanol–water partition coefficient (Wildman–Crippen LogP) is 1.69. The smallest absolute Gasteiger partial charge is 0.0969 e. The quantitative estimate of drug-likeness (QED) is 0.861. The second-order valence-electron chi connectivity index (χ2n) is 4.53. The van der Waals surface area contributed by atoms with Crippen molar-refractivity contribution in [3.05, 3.63) is 53.1 Å². The minimum absolute atomic E-state index is 0.522. The Labute approximate surface area is 107 Å². The molecule has 1 aromatic carbocycles. The molecule has 18 heavy (non-hydrogen) atoms. The van der Waals surface area contributed by atoms with Gasteiger partial charge in [-0.15, -0.1) is 0 Å². The van der Waals surface area contributed by atoms with Gasteiger partial charge in [-0.2, -0.15) is 0 Å². The van der Waals surface area contributed by atoms with E-state index in [1.807, 2.05) is 42.7 Å². The first kappa shape index (κ1) is 12.8. The van der Waals surface area contributed by atoms with Gasteiger partial charge in [0.15, 0.2) is 0 Å². The first-order valence-corrected chi connectivity index (χ1v) is 6.07. The van der Waals surface area contributed by atoms with Crippen LogP contribution < -0.4 is 5.73 Å². The molecular weight excluding hydrogens is 226 g/mol. The number of aliphatic hydroxyl groups excluding tert-OH is 1. The van der Waals surface area contributed by atoms with Crippen molar-refractivity contribution in [1.82, 2.24) is 9.55 Å². The fourth-order valence-electron chi connectivity index (χ4n) is 1.90. The number of hydrogen-bond donors (Lipinski definition) is 2. The first-order valence-electron chi connectivity index (χ1n) is 6.07. The average Bonchev–Trinajstić information content (AvgIpc) is 2.71. The van der Waals surface area contributed by atoms with Gasteiger partial charge in [0.25, 0.3) is 0 Å². The fraction of sp³-hybridized carbons (Fsp3) is 0.357. The average molecular weight is 245 g/mol. The van der Waals surface area contributed by atoms with E-state index in [9.17, 15) is 5.11 Å². The van der Waals surface area contributed by atoms with Gasteiger partial charge in [0.1, 0.15) is 0 Å². The Kier molecular flexibility index (Phi) is 3.79. The monoisotopic (exact) mass is 245 g/mol. The number of aliphatic hydroxyl groups is 1. The molecule has 0 aliphatic heterocycles. The van der Waals surface area contributed by atoms with Crippen molar-refractivity contribution in [2.24, 2.45) is 5.73 Å². The second kappa shape index (κ2) is 5.33. The molecule has 0 saturated heterocycles. The van der Waals surface area contributed by atoms with Crippen LogP contribution in [-0.2, 0) is 13.1 Å². The van der Waals surface area contributed by atoms with Gasteiger partial charge in [0, 0.05) is 12.2 Å². The molecule has 4 nitrogen and oxygen atoms in total. The standard InChI is InChI=1S/C14H19N3O/c1-10-11(2)17(9-16-10)8-14(18)13-5-3-12(7-15)4-6-13/h3-6,9,14,18H,7-8,15H2,1-2H3. The molecule has 1 heterocycles. The maximum Gasteiger partial charge on any atom is 0.0969 e. The van der Waals surface area contributed by atoms with Gasteiger partial charge in [0.2, 0.25) is 0 Å². The molecule has 0 amide bonds. The summed E-state index contributed by atoms with van der Waals surface area (Å²) in [5.41, 5.74) is 9.61. The van der Waals surface area contributed by atoms with Gasteiger partial charge >= 0.3 is 0 Å². The molecule has 0 spiro atoms. The lowest BCUT2D eigenvalue weighted by Crippen LogP contribution is -2.09. The number of aromatic nitrogens is 2. The molecule has 0 aliphatic rings. The van der Waals surface area contributed by atoms with Crippen molar-refractivity contribution in [1.29, 1.82) is 0 Å². The maximum absolute atomic E-state index is 10.2. The lowest BCUT2D eigenvalue weighted by atomic mass is 10.1. The summed E-state index contributed by atoms with van der Waals surface area (Å²) in [6.07, 6.45) is 1.24. The van der Waals surface area contributed by atoms with E-state index in [1.54, 1.807) is 6.33 Å². The highest BCUT2D eigenvalue weighted by atomic mass is 16.3. The first-order chi connectivity index (χ1) is 8.61. The molecule has 1 atom stereocenters. The molecule has 1 unspecified atom stereocenters. The van der Waals surface area contributed by atoms with E-state index < -0.39 is 6.10 Å². The Morgan fingerprint density at radius 2 is 1.94 bits per heavy atom. The fourth-order valence-corrected chi connectivity index (χ4v) is 1.90. The number of benzene rings is 1. The Hall–Kier alpha value is -1.65. The largest absolute Gasteiger partial charge is 0.387 e. The van der Waals surface area contributed by atoms with Crippen LogP contribution in [0, 0.1) is 13.8 Å². The number of rotatable bonds is 4. The third-order valence-corrected chi connectivity index (χ3v) is 3.32. The van der Waals surface area contributed by atoms with Crippen LogP contribution in [0.1, 0.15) is 28.6 Å². The molecule has 0 radical (unpaired) electrons. The summed E-state index contributed by atoms with van der Waals surface area (Å²) >= 11 is 0. The van der Waals surface area contributed by atoms with E-state index >= 15 is 0 Å². The zero-order chi connectivity index (χ0) is 13.1. The molecule has 1 aromatic heterocycles. The highest BCUT2D eigenvalue weighted by Crippen LogP contribution is 2.17. The number of nitrogens with zero attached hydrogens (tertiary/aromatic N) is 2. The van der Waals surface area contributed by atoms with Crippen LogP contribution in [0.25, 0.3) is 0 Å². The molecule has 0 bridgehead atoms. The number of imidazole rings is 1. The molecular formula is C14H19N3O. The van der Waals surface area contributed by atoms with Crippen LogP contribution >= 0.6 is 0 Å². The Balaban J connectivity index is 2.11. The van der Waals surface area contributed by atoms with Crippen molar-refractivity contribution in [2.45, 2.75) is 33.0 Å². The summed E-state index contributed by atoms with van der Waals surface area (Å²) < 4.78 is 1.97. The van der Waals surface area contributed by atoms with Crippen LogP contribution in [0.3, 0.4) is 0 Å². The van der Waals surface area contributed by atoms with Crippen LogP contribution in [0.15, 0.2) is 30.6 Å². The van der Waals surface area contributed by atoms with Gasteiger partial charge in [0.05, 0.1) is 24.7 Å². The molecule has 96 valence electrons. The molecule has 0 fully saturated rings. The SMILES string of the molecule is Cc1ncn(CC(O)c2ccc(CN)cc2)c1C. The summed E-state index contributed by atoms with van der Waals surface area (Å²) in [6.45, 7) is 5.02. The van der Waals surface area contributed by atoms with Gasteiger partial charge in [-0.05, 0) is 25.0 Å². The van der Waals surface area contributed by atoms with Crippen LogP contribution in [0.2, 0.25) is 0 Å². The van der Waals surface area contributed by atoms with E-state index in [0.717, 1.165) is 22.5 Å². The van der Waals surface area contributed by atoms with E-state index in [0.29, 0.717) is 13.1 Å². The normalized spacial score (nSPS) is 12.7. The Morgan fingerprint density at radius 1 is 1.28 bits per heavy atom. The van der Waals surface area contributed by atoms with Crippen molar-refractivity contribution in [2.75, 3.05) is 0 Å². The van der Waals surface area contributed by atoms with Gasteiger partial charge in [-0.3, -0.25) is 0 Å². The lowest BCUT2D eigenvalue weighted by molar-refractivity contribution is 0.155. The van der Waals surface area contributed by atoms with Crippen LogP contribution in [0.5, 0.6) is 0 Å². The van der Waals surface area contributed by atoms with E-state index in [1.165, 1.54) is 0 Å². The third-order valence-electron chi connectivity index (χ3n) is 3.32. The molecule has 2 aromatic rings. The van der Waals surface area contributed by atoms with E-state index in [4.69, 9.17) is 5.73 Å². The van der Waals surface area contributed by atoms with Crippen LogP contribution in [-0.4, -0.2) is 14.7 Å². The van der Waals surface area contributed by atoms with Crippen molar-refractivity contribution >= 4 is 0 Å². The minimum atomic E-state index is -0.524. The zero-order valence-corrected chi connectivity index (χ0v) is 10.8. The van der Waals surface area contributed by atoms with E-state index in [2.05, 4.69) is 4.98 Å². The third kappa shape index (κ3) is 2.60. The van der Waals surface area contributed by atoms with Gasteiger partial charge in [-0.25, -0.2) is 4.98 Å². The van der Waals surface area contributed by atoms with Crippen molar-refractivity contribution < 1.29 is 5.11 Å². The Morgan fingerprint density at radius 3 is 2.44 bits per heavy atom. The molecule has 4 heteroatoms. The molecule has 2 rings (SSSR count). The zero-order valence-electron chi connectivity index (χ0n) is 10.8. The van der Waals surface area contributed by atoms with Gasteiger partial charge in [-0.1, -0.05) is 24.3 Å². The summed E-state index contributed by atoms with van der Waals surface area (Å²) in [5.74, 6) is 0. The molecule has 0 aliphatic carbocycles. The number of hydrogen-bond acceptors (Lipinski definition) is 3. The minimum Gasteiger partial charge on any atom is -0.387 e. The molecule has 3 N–H and O–H groups in total. The van der Waals surface area contributed by atoms with Crippen molar-refractivity contribution in [3.8, 4) is 0 Å². The topological polar surface area (TPSA) is 64.1 Å². The van der Waals surface area contributed by atoms with Crippen molar-refractivity contribution in [3.63, 3.8) is 0 Å². The van der Waals surface area contributed by atoms with Gasteiger partial charge < -0.3 is 15.4 Å². The highest BCUT2D eigenvalue weighted by molar-refractivity contribution is 5.24. The summed E-state index contributed by atoms with van der Waals surface area (Å²) in [5, 5.41) is 10.2. The number of aryl methyl sites for hydroxylation is 1. The molecule has 0 saturated carbocycles. The predicted molar refractivity (Wildman–Crippen MR) is 71.0 cm³/mol. The maximum atomic E-state index is 10.2. The Bertz CT molecular complexity index is 516. The highest BCUT2D eigenvalue weighted by Gasteiger charge is 2.10. The summed E-state index contributed by atoms with van der Waals surface area (Å²) in [7, 11) is 0. The van der Waals surface area contributed by atoms with E-state index in [-0.39, 0.29) is 0 Å². The second-order valence-corrected chi connectivity index (χ2v) is 4.53. The van der Waals surface area contributed by atoms with Crippen LogP contribution in [0.4, 0.5) is 0 Å². The summed E-state index contributed by atoms with van der Waals surface area (Å²) in [6, 6.07) is 7.74.